The minimum absolute atomic E-state index is 0.00320. The van der Waals surface area contributed by atoms with Crippen molar-refractivity contribution in [2.75, 3.05) is 31.0 Å². The van der Waals surface area contributed by atoms with Crippen molar-refractivity contribution in [3.05, 3.63) is 59.7 Å². The molecular weight excluding hydrogens is 452 g/mol. The van der Waals surface area contributed by atoms with Crippen molar-refractivity contribution in [3.63, 3.8) is 0 Å². The maximum absolute atomic E-state index is 13.4. The molecule has 184 valence electrons. The van der Waals surface area contributed by atoms with Gasteiger partial charge in [0, 0.05) is 18.7 Å². The second kappa shape index (κ2) is 10.2. The van der Waals surface area contributed by atoms with Crippen LogP contribution in [-0.4, -0.2) is 50.8 Å². The van der Waals surface area contributed by atoms with Crippen LogP contribution in [0.4, 0.5) is 5.69 Å². The summed E-state index contributed by atoms with van der Waals surface area (Å²) in [7, 11) is 0.0724. The number of hydrogen-bond acceptors (Lipinski definition) is 5. The average molecular weight is 487 g/mol. The molecule has 0 aromatic heterocycles. The molecule has 1 atom stereocenters. The number of nitrogens with zero attached hydrogens (tertiary/aromatic N) is 1. The van der Waals surface area contributed by atoms with E-state index in [2.05, 4.69) is 26.1 Å². The van der Waals surface area contributed by atoms with E-state index < -0.39 is 21.8 Å². The topological polar surface area (TPSA) is 92.8 Å². The van der Waals surface area contributed by atoms with Gasteiger partial charge in [0.25, 0.3) is 5.91 Å². The molecule has 1 aliphatic heterocycles. The van der Waals surface area contributed by atoms with E-state index in [1.165, 1.54) is 4.90 Å². The standard InChI is InChI=1S/C26H34N2O5S/c1-26(2,3)20-8-10-21(11-9-20)27-24(29)23(18-6-12-22(33-5)13-7-18)28(4)25(30)19-14-16-34(31,32)17-15-19/h6-13,19,23H,14-17H2,1-5H3,(H,27,29). The van der Waals surface area contributed by atoms with Gasteiger partial charge in [0.15, 0.2) is 0 Å². The third kappa shape index (κ3) is 6.17. The molecule has 34 heavy (non-hydrogen) atoms. The highest BCUT2D eigenvalue weighted by Crippen LogP contribution is 2.29. The van der Waals surface area contributed by atoms with Gasteiger partial charge >= 0.3 is 0 Å². The zero-order valence-corrected chi connectivity index (χ0v) is 21.3. The van der Waals surface area contributed by atoms with Gasteiger partial charge in [-0.05, 0) is 53.6 Å². The molecule has 2 aromatic rings. The number of nitrogens with one attached hydrogen (secondary N) is 1. The number of benzene rings is 2. The van der Waals surface area contributed by atoms with Crippen molar-refractivity contribution in [1.29, 1.82) is 0 Å². The Morgan fingerprint density at radius 3 is 2.06 bits per heavy atom. The fourth-order valence-corrected chi connectivity index (χ4v) is 5.64. The summed E-state index contributed by atoms with van der Waals surface area (Å²) >= 11 is 0. The molecule has 1 unspecified atom stereocenters. The van der Waals surface area contributed by atoms with Gasteiger partial charge in [-0.1, -0.05) is 45.0 Å². The van der Waals surface area contributed by atoms with Gasteiger partial charge in [-0.15, -0.1) is 0 Å². The van der Waals surface area contributed by atoms with Gasteiger partial charge in [-0.3, -0.25) is 9.59 Å². The van der Waals surface area contributed by atoms with E-state index in [0.717, 1.165) is 5.56 Å². The first-order valence-corrected chi connectivity index (χ1v) is 13.3. The van der Waals surface area contributed by atoms with Crippen LogP contribution >= 0.6 is 0 Å². The molecule has 3 rings (SSSR count). The molecule has 2 amide bonds. The Bertz CT molecular complexity index is 1110. The molecule has 1 N–H and O–H groups in total. The molecule has 1 heterocycles. The van der Waals surface area contributed by atoms with E-state index in [1.807, 2.05) is 24.3 Å². The maximum atomic E-state index is 13.4. The van der Waals surface area contributed by atoms with Crippen LogP contribution in [0, 0.1) is 5.92 Å². The van der Waals surface area contributed by atoms with Gasteiger partial charge in [0.1, 0.15) is 21.6 Å². The Morgan fingerprint density at radius 1 is 1.00 bits per heavy atom. The number of ether oxygens (including phenoxy) is 1. The Hall–Kier alpha value is -2.87. The minimum Gasteiger partial charge on any atom is -0.497 e. The number of carbonyl (C=O) groups excluding carboxylic acids is 2. The Balaban J connectivity index is 1.85. The molecule has 0 spiro atoms. The molecule has 1 saturated heterocycles. The smallest absolute Gasteiger partial charge is 0.251 e. The van der Waals surface area contributed by atoms with E-state index in [1.54, 1.807) is 38.4 Å². The molecule has 0 aliphatic carbocycles. The molecule has 1 fully saturated rings. The summed E-state index contributed by atoms with van der Waals surface area (Å²) in [4.78, 5) is 28.2. The molecule has 7 nitrogen and oxygen atoms in total. The summed E-state index contributed by atoms with van der Waals surface area (Å²) in [6, 6.07) is 13.8. The summed E-state index contributed by atoms with van der Waals surface area (Å²) in [5.74, 6) is -0.352. The molecule has 0 saturated carbocycles. The predicted octanol–water partition coefficient (Wildman–Crippen LogP) is 3.96. The zero-order valence-electron chi connectivity index (χ0n) is 20.5. The zero-order chi connectivity index (χ0) is 25.1. The van der Waals surface area contributed by atoms with Gasteiger partial charge in [-0.25, -0.2) is 8.42 Å². The van der Waals surface area contributed by atoms with Gasteiger partial charge in [-0.2, -0.15) is 0 Å². The number of carbonyl (C=O) groups is 2. The lowest BCUT2D eigenvalue weighted by atomic mass is 9.87. The third-order valence-electron chi connectivity index (χ3n) is 6.34. The molecule has 2 aromatic carbocycles. The number of likely N-dealkylation sites (N-methyl/N-ethyl adjacent to an activating group) is 1. The summed E-state index contributed by atoms with van der Waals surface area (Å²) in [6.45, 7) is 6.37. The highest BCUT2D eigenvalue weighted by atomic mass is 32.2. The first kappa shape index (κ1) is 25.7. The highest BCUT2D eigenvalue weighted by molar-refractivity contribution is 7.91. The summed E-state index contributed by atoms with van der Waals surface area (Å²) < 4.78 is 28.8. The lowest BCUT2D eigenvalue weighted by Gasteiger charge is -2.32. The number of methoxy groups -OCH3 is 1. The Kier molecular flexibility index (Phi) is 7.70. The molecule has 8 heteroatoms. The van der Waals surface area contributed by atoms with Crippen LogP contribution in [-0.2, 0) is 24.8 Å². The Labute approximate surface area is 202 Å². The monoisotopic (exact) mass is 486 g/mol. The lowest BCUT2D eigenvalue weighted by Crippen LogP contribution is -2.43. The van der Waals surface area contributed by atoms with Gasteiger partial charge in [0.2, 0.25) is 5.91 Å². The van der Waals surface area contributed by atoms with Crippen LogP contribution in [0.2, 0.25) is 0 Å². The normalized spacial score (nSPS) is 17.0. The van der Waals surface area contributed by atoms with Crippen molar-refractivity contribution in [1.82, 2.24) is 4.90 Å². The van der Waals surface area contributed by atoms with Crippen LogP contribution in [0.1, 0.15) is 50.8 Å². The van der Waals surface area contributed by atoms with E-state index in [0.29, 0.717) is 17.0 Å². The van der Waals surface area contributed by atoms with E-state index in [9.17, 15) is 18.0 Å². The minimum atomic E-state index is -3.09. The fourth-order valence-electron chi connectivity index (χ4n) is 4.15. The van der Waals surface area contributed by atoms with Crippen LogP contribution in [0.5, 0.6) is 5.75 Å². The van der Waals surface area contributed by atoms with Gasteiger partial charge in [0.05, 0.1) is 18.6 Å². The third-order valence-corrected chi connectivity index (χ3v) is 8.05. The van der Waals surface area contributed by atoms with Crippen molar-refractivity contribution in [2.24, 2.45) is 5.92 Å². The molecule has 0 radical (unpaired) electrons. The maximum Gasteiger partial charge on any atom is 0.251 e. The number of anilines is 1. The predicted molar refractivity (Wildman–Crippen MR) is 134 cm³/mol. The summed E-state index contributed by atoms with van der Waals surface area (Å²) in [5, 5.41) is 2.94. The highest BCUT2D eigenvalue weighted by Gasteiger charge is 2.35. The van der Waals surface area contributed by atoms with E-state index in [4.69, 9.17) is 4.74 Å². The first-order chi connectivity index (χ1) is 15.9. The van der Waals surface area contributed by atoms with Crippen LogP contribution in [0.25, 0.3) is 0 Å². The second-order valence-electron chi connectivity index (χ2n) is 9.87. The van der Waals surface area contributed by atoms with Crippen molar-refractivity contribution < 1.29 is 22.7 Å². The molecule has 1 aliphatic rings. The van der Waals surface area contributed by atoms with Crippen LogP contribution in [0.15, 0.2) is 48.5 Å². The quantitative estimate of drug-likeness (QED) is 0.667. The fraction of sp³-hybridized carbons (Fsp3) is 0.462. The Morgan fingerprint density at radius 2 is 1.56 bits per heavy atom. The van der Waals surface area contributed by atoms with Crippen LogP contribution in [0.3, 0.4) is 0 Å². The number of hydrogen-bond donors (Lipinski definition) is 1. The van der Waals surface area contributed by atoms with Crippen molar-refractivity contribution >= 4 is 27.3 Å². The van der Waals surface area contributed by atoms with E-state index in [-0.39, 0.29) is 41.6 Å². The summed E-state index contributed by atoms with van der Waals surface area (Å²) in [6.07, 6.45) is 0.549. The van der Waals surface area contributed by atoms with Gasteiger partial charge < -0.3 is 15.0 Å². The van der Waals surface area contributed by atoms with Crippen LogP contribution < -0.4 is 10.1 Å². The number of sulfone groups is 1. The number of rotatable bonds is 6. The lowest BCUT2D eigenvalue weighted by molar-refractivity contribution is -0.141. The average Bonchev–Trinajstić information content (AvgIpc) is 2.79. The van der Waals surface area contributed by atoms with Crippen molar-refractivity contribution in [3.8, 4) is 5.75 Å². The number of amides is 2. The second-order valence-corrected chi connectivity index (χ2v) is 12.2. The SMILES string of the molecule is COc1ccc(C(C(=O)Nc2ccc(C(C)(C)C)cc2)N(C)C(=O)C2CCS(=O)(=O)CC2)cc1. The summed E-state index contributed by atoms with van der Waals surface area (Å²) in [5.41, 5.74) is 2.43. The van der Waals surface area contributed by atoms with Crippen molar-refractivity contribution in [2.45, 2.75) is 45.1 Å². The molecule has 0 bridgehead atoms. The largest absolute Gasteiger partial charge is 0.497 e. The van der Waals surface area contributed by atoms with E-state index >= 15 is 0 Å². The molecular formula is C26H34N2O5S. The first-order valence-electron chi connectivity index (χ1n) is 11.4.